The predicted octanol–water partition coefficient (Wildman–Crippen LogP) is 4.69. The molecule has 2 aromatic rings. The van der Waals surface area contributed by atoms with Crippen LogP contribution < -0.4 is 5.73 Å². The fourth-order valence-corrected chi connectivity index (χ4v) is 3.66. The number of carbonyl (C=O) groups excluding carboxylic acids is 1. The van der Waals surface area contributed by atoms with Crippen LogP contribution in [0, 0.1) is 5.92 Å². The average molecular weight is 444 g/mol. The highest BCUT2D eigenvalue weighted by atomic mass is 35.5. The number of hydrogen-bond donors (Lipinski definition) is 1. The number of piperidine rings is 1. The van der Waals surface area contributed by atoms with Crippen molar-refractivity contribution in [2.24, 2.45) is 16.6 Å². The number of rotatable bonds is 5. The van der Waals surface area contributed by atoms with Gasteiger partial charge in [0.25, 0.3) is 0 Å². The molecule has 0 saturated carbocycles. The number of allylic oxidation sites excluding steroid dienone is 1. The molecule has 1 aliphatic rings. The Morgan fingerprint density at radius 2 is 2.06 bits per heavy atom. The lowest BCUT2D eigenvalue weighted by Crippen LogP contribution is -2.41. The van der Waals surface area contributed by atoms with Gasteiger partial charge in [-0.15, -0.1) is 0 Å². The SMILES string of the molecule is CC(C)(C)OC(=O)N1CCC(CCN=CC(=CN)c2cnc3ccc(Cl)nc3c2)CC1. The number of amides is 1. The second kappa shape index (κ2) is 10.1. The number of nitrogens with zero attached hydrogens (tertiary/aromatic N) is 4. The van der Waals surface area contributed by atoms with Gasteiger partial charge < -0.3 is 15.4 Å². The summed E-state index contributed by atoms with van der Waals surface area (Å²) in [5, 5.41) is 0.427. The number of ether oxygens (including phenoxy) is 1. The van der Waals surface area contributed by atoms with Gasteiger partial charge in [-0.1, -0.05) is 11.6 Å². The molecule has 8 heteroatoms. The minimum atomic E-state index is -0.459. The zero-order valence-corrected chi connectivity index (χ0v) is 19.1. The van der Waals surface area contributed by atoms with E-state index in [2.05, 4.69) is 15.0 Å². The number of pyridine rings is 2. The maximum absolute atomic E-state index is 12.2. The van der Waals surface area contributed by atoms with E-state index in [-0.39, 0.29) is 6.09 Å². The van der Waals surface area contributed by atoms with Crippen LogP contribution in [0.4, 0.5) is 4.79 Å². The number of halogens is 1. The molecule has 3 heterocycles. The van der Waals surface area contributed by atoms with E-state index in [4.69, 9.17) is 22.1 Å². The molecule has 0 spiro atoms. The summed E-state index contributed by atoms with van der Waals surface area (Å²) in [5.74, 6) is 0.551. The van der Waals surface area contributed by atoms with Crippen LogP contribution in [-0.4, -0.2) is 52.4 Å². The fourth-order valence-electron chi connectivity index (χ4n) is 3.50. The number of nitrogens with two attached hydrogens (primary N) is 1. The van der Waals surface area contributed by atoms with Crippen LogP contribution >= 0.6 is 11.6 Å². The molecule has 1 fully saturated rings. The Bertz CT molecular complexity index is 976. The largest absolute Gasteiger partial charge is 0.444 e. The first kappa shape index (κ1) is 23.0. The first-order valence-electron chi connectivity index (χ1n) is 10.6. The summed E-state index contributed by atoms with van der Waals surface area (Å²) in [5.41, 5.74) is 8.48. The quantitative estimate of drug-likeness (QED) is 0.534. The number of fused-ring (bicyclic) bond motifs is 1. The highest BCUT2D eigenvalue weighted by Gasteiger charge is 2.26. The van der Waals surface area contributed by atoms with E-state index in [1.54, 1.807) is 23.4 Å². The minimum Gasteiger partial charge on any atom is -0.444 e. The lowest BCUT2D eigenvalue weighted by atomic mass is 9.94. The van der Waals surface area contributed by atoms with Crippen molar-refractivity contribution >= 4 is 40.5 Å². The lowest BCUT2D eigenvalue weighted by Gasteiger charge is -2.33. The van der Waals surface area contributed by atoms with E-state index < -0.39 is 5.60 Å². The molecular weight excluding hydrogens is 414 g/mol. The lowest BCUT2D eigenvalue weighted by molar-refractivity contribution is 0.0182. The third-order valence-electron chi connectivity index (χ3n) is 5.18. The van der Waals surface area contributed by atoms with E-state index in [9.17, 15) is 4.79 Å². The van der Waals surface area contributed by atoms with Crippen molar-refractivity contribution in [3.8, 4) is 0 Å². The van der Waals surface area contributed by atoms with Crippen molar-refractivity contribution in [1.29, 1.82) is 0 Å². The van der Waals surface area contributed by atoms with Crippen molar-refractivity contribution in [3.63, 3.8) is 0 Å². The van der Waals surface area contributed by atoms with Gasteiger partial charge >= 0.3 is 6.09 Å². The molecule has 0 unspecified atom stereocenters. The third-order valence-corrected chi connectivity index (χ3v) is 5.39. The first-order chi connectivity index (χ1) is 14.7. The summed E-state index contributed by atoms with van der Waals surface area (Å²) in [6.07, 6.45) is 7.75. The summed E-state index contributed by atoms with van der Waals surface area (Å²) < 4.78 is 5.45. The summed E-state index contributed by atoms with van der Waals surface area (Å²) in [6, 6.07) is 5.46. The Kier molecular flexibility index (Phi) is 7.49. The van der Waals surface area contributed by atoms with Gasteiger partial charge in [-0.2, -0.15) is 0 Å². The normalized spacial score (nSPS) is 16.3. The van der Waals surface area contributed by atoms with Crippen LogP contribution in [0.25, 0.3) is 16.6 Å². The van der Waals surface area contributed by atoms with Gasteiger partial charge in [0, 0.05) is 49.4 Å². The first-order valence-corrected chi connectivity index (χ1v) is 11.0. The van der Waals surface area contributed by atoms with E-state index in [0.29, 0.717) is 17.6 Å². The van der Waals surface area contributed by atoms with Gasteiger partial charge in [0.05, 0.1) is 11.0 Å². The molecule has 31 heavy (non-hydrogen) atoms. The number of likely N-dealkylation sites (tertiary alicyclic amines) is 1. The molecule has 166 valence electrons. The maximum Gasteiger partial charge on any atom is 0.410 e. The molecule has 7 nitrogen and oxygen atoms in total. The van der Waals surface area contributed by atoms with Crippen molar-refractivity contribution < 1.29 is 9.53 Å². The minimum absolute atomic E-state index is 0.221. The van der Waals surface area contributed by atoms with Gasteiger partial charge in [-0.05, 0) is 64.2 Å². The number of carbonyl (C=O) groups is 1. The molecule has 1 amide bonds. The number of aliphatic imine (C=N–C) groups is 1. The Labute approximate surface area is 188 Å². The van der Waals surface area contributed by atoms with Crippen molar-refractivity contribution in [2.45, 2.75) is 45.6 Å². The van der Waals surface area contributed by atoms with Crippen LogP contribution in [-0.2, 0) is 4.74 Å². The highest BCUT2D eigenvalue weighted by molar-refractivity contribution is 6.29. The molecule has 0 bridgehead atoms. The summed E-state index contributed by atoms with van der Waals surface area (Å²) in [6.45, 7) is 7.84. The number of aromatic nitrogens is 2. The van der Waals surface area contributed by atoms with Gasteiger partial charge in [-0.3, -0.25) is 9.98 Å². The zero-order valence-electron chi connectivity index (χ0n) is 18.3. The van der Waals surface area contributed by atoms with Crippen molar-refractivity contribution in [3.05, 3.63) is 41.3 Å². The molecule has 2 N–H and O–H groups in total. The molecule has 1 aliphatic heterocycles. The van der Waals surface area contributed by atoms with Gasteiger partial charge in [0.15, 0.2) is 0 Å². The summed E-state index contributed by atoms with van der Waals surface area (Å²) in [7, 11) is 0. The monoisotopic (exact) mass is 443 g/mol. The summed E-state index contributed by atoms with van der Waals surface area (Å²) in [4.78, 5) is 27.2. The van der Waals surface area contributed by atoms with E-state index in [0.717, 1.165) is 54.5 Å². The Hall–Kier alpha value is -2.67. The van der Waals surface area contributed by atoms with Crippen LogP contribution in [0.15, 0.2) is 35.6 Å². The molecule has 1 saturated heterocycles. The number of hydrogen-bond acceptors (Lipinski definition) is 6. The molecule has 0 aliphatic carbocycles. The van der Waals surface area contributed by atoms with Crippen LogP contribution in [0.1, 0.15) is 45.6 Å². The Morgan fingerprint density at radius 1 is 1.32 bits per heavy atom. The van der Waals surface area contributed by atoms with E-state index in [1.165, 1.54) is 6.20 Å². The van der Waals surface area contributed by atoms with Crippen LogP contribution in [0.2, 0.25) is 5.15 Å². The zero-order chi connectivity index (χ0) is 22.4. The Balaban J connectivity index is 1.49. The van der Waals surface area contributed by atoms with Crippen LogP contribution in [0.3, 0.4) is 0 Å². The Morgan fingerprint density at radius 3 is 2.74 bits per heavy atom. The third kappa shape index (κ3) is 6.66. The van der Waals surface area contributed by atoms with Gasteiger partial charge in [0.1, 0.15) is 10.8 Å². The maximum atomic E-state index is 12.2. The van der Waals surface area contributed by atoms with Gasteiger partial charge in [-0.25, -0.2) is 9.78 Å². The smallest absolute Gasteiger partial charge is 0.410 e. The molecule has 3 rings (SSSR count). The van der Waals surface area contributed by atoms with Gasteiger partial charge in [0.2, 0.25) is 0 Å². The van der Waals surface area contributed by atoms with E-state index >= 15 is 0 Å². The standard InChI is InChI=1S/C23H30ClN5O2/c1-23(2,3)31-22(30)29-10-7-16(8-11-29)6-9-26-14-18(13-25)17-12-20-19(27-15-17)4-5-21(24)28-20/h4-5,12-16H,6-11,25H2,1-3H3. The molecule has 0 atom stereocenters. The molecule has 0 radical (unpaired) electrons. The van der Waals surface area contributed by atoms with E-state index in [1.807, 2.05) is 32.9 Å². The molecular formula is C23H30ClN5O2. The summed E-state index contributed by atoms with van der Waals surface area (Å²) >= 11 is 5.98. The second-order valence-corrected chi connectivity index (χ2v) is 9.14. The predicted molar refractivity (Wildman–Crippen MR) is 125 cm³/mol. The molecule has 2 aromatic heterocycles. The van der Waals surface area contributed by atoms with Crippen molar-refractivity contribution in [1.82, 2.24) is 14.9 Å². The fraction of sp³-hybridized carbons (Fsp3) is 0.478. The average Bonchev–Trinajstić information content (AvgIpc) is 2.72. The van der Waals surface area contributed by atoms with Crippen molar-refractivity contribution in [2.75, 3.05) is 19.6 Å². The highest BCUT2D eigenvalue weighted by Crippen LogP contribution is 2.23. The molecule has 0 aromatic carbocycles. The second-order valence-electron chi connectivity index (χ2n) is 8.75. The van der Waals surface area contributed by atoms with Crippen LogP contribution in [0.5, 0.6) is 0 Å². The topological polar surface area (TPSA) is 93.7 Å².